The minimum atomic E-state index is -0.219. The highest BCUT2D eigenvalue weighted by atomic mass is 16.5. The lowest BCUT2D eigenvalue weighted by molar-refractivity contribution is 0.101. The van der Waals surface area contributed by atoms with Crippen LogP contribution >= 0.6 is 0 Å². The summed E-state index contributed by atoms with van der Waals surface area (Å²) in [6.45, 7) is 1.10. The Kier molecular flexibility index (Phi) is 8.80. The van der Waals surface area contributed by atoms with Crippen LogP contribution in [0, 0.1) is 0 Å². The lowest BCUT2D eigenvalue weighted by Crippen LogP contribution is -2.12. The molecule has 0 saturated heterocycles. The second-order valence-corrected chi connectivity index (χ2v) is 8.61. The quantitative estimate of drug-likeness (QED) is 0.154. The first-order chi connectivity index (χ1) is 18.5. The van der Waals surface area contributed by atoms with E-state index >= 15 is 0 Å². The molecule has 38 heavy (non-hydrogen) atoms. The molecular weight excluding hydrogens is 480 g/mol. The van der Waals surface area contributed by atoms with Crippen LogP contribution in [0.3, 0.4) is 0 Å². The van der Waals surface area contributed by atoms with Gasteiger partial charge < -0.3 is 31.6 Å². The summed E-state index contributed by atoms with van der Waals surface area (Å²) in [5, 5.41) is 5.69. The number of hydrogen-bond donors (Lipinski definition) is 4. The molecular formula is C30H30N4O4. The van der Waals surface area contributed by atoms with Crippen molar-refractivity contribution in [2.75, 3.05) is 35.3 Å². The predicted octanol–water partition coefficient (Wildman–Crippen LogP) is 5.59. The molecule has 2 amide bonds. The van der Waals surface area contributed by atoms with Gasteiger partial charge in [-0.1, -0.05) is 12.1 Å². The lowest BCUT2D eigenvalue weighted by atomic mass is 10.2. The summed E-state index contributed by atoms with van der Waals surface area (Å²) in [6.07, 6.45) is 1.64. The number of carbonyl (C=O) groups is 2. The van der Waals surface area contributed by atoms with E-state index in [1.54, 1.807) is 72.8 Å². The summed E-state index contributed by atoms with van der Waals surface area (Å²) in [6, 6.07) is 28.1. The molecule has 194 valence electrons. The van der Waals surface area contributed by atoms with Crippen molar-refractivity contribution in [3.8, 4) is 11.5 Å². The molecule has 4 aromatic carbocycles. The number of unbranched alkanes of at least 4 members (excludes halogenated alkanes) is 1. The number of nitrogen functional groups attached to an aromatic ring is 2. The van der Waals surface area contributed by atoms with Gasteiger partial charge in [0.05, 0.1) is 13.2 Å². The molecule has 0 fully saturated rings. The number of anilines is 4. The van der Waals surface area contributed by atoms with Gasteiger partial charge in [0, 0.05) is 33.9 Å². The van der Waals surface area contributed by atoms with Gasteiger partial charge in [0.25, 0.3) is 11.8 Å². The highest BCUT2D eigenvalue weighted by molar-refractivity contribution is 6.05. The molecule has 0 saturated carbocycles. The van der Waals surface area contributed by atoms with Gasteiger partial charge in [-0.3, -0.25) is 9.59 Å². The first-order valence-corrected chi connectivity index (χ1v) is 12.3. The van der Waals surface area contributed by atoms with Gasteiger partial charge in [-0.15, -0.1) is 0 Å². The van der Waals surface area contributed by atoms with Crippen molar-refractivity contribution in [1.82, 2.24) is 0 Å². The molecule has 0 aliphatic heterocycles. The first kappa shape index (κ1) is 26.1. The van der Waals surface area contributed by atoms with Gasteiger partial charge in [-0.2, -0.15) is 0 Å². The van der Waals surface area contributed by atoms with E-state index in [0.29, 0.717) is 47.1 Å². The third-order valence-corrected chi connectivity index (χ3v) is 5.60. The van der Waals surface area contributed by atoms with Crippen molar-refractivity contribution in [3.63, 3.8) is 0 Å². The Morgan fingerprint density at radius 2 is 0.974 bits per heavy atom. The number of nitrogens with one attached hydrogen (secondary N) is 2. The van der Waals surface area contributed by atoms with Crippen LogP contribution in [0.25, 0.3) is 0 Å². The van der Waals surface area contributed by atoms with Crippen molar-refractivity contribution < 1.29 is 19.1 Å². The van der Waals surface area contributed by atoms with Crippen LogP contribution in [0.4, 0.5) is 22.7 Å². The van der Waals surface area contributed by atoms with E-state index in [2.05, 4.69) is 10.6 Å². The van der Waals surface area contributed by atoms with E-state index in [1.165, 1.54) is 0 Å². The topological polar surface area (TPSA) is 129 Å². The van der Waals surface area contributed by atoms with Crippen LogP contribution in [-0.4, -0.2) is 25.0 Å². The summed E-state index contributed by atoms with van der Waals surface area (Å²) in [7, 11) is 0. The smallest absolute Gasteiger partial charge is 0.255 e. The molecule has 8 nitrogen and oxygen atoms in total. The molecule has 0 atom stereocenters. The van der Waals surface area contributed by atoms with Crippen molar-refractivity contribution >= 4 is 34.6 Å². The maximum Gasteiger partial charge on any atom is 0.255 e. The average molecular weight is 511 g/mol. The second kappa shape index (κ2) is 12.8. The van der Waals surface area contributed by atoms with E-state index in [9.17, 15) is 9.59 Å². The van der Waals surface area contributed by atoms with Crippen LogP contribution in [0.5, 0.6) is 11.5 Å². The van der Waals surface area contributed by atoms with Crippen molar-refractivity contribution in [3.05, 3.63) is 108 Å². The second-order valence-electron chi connectivity index (χ2n) is 8.61. The molecule has 0 aliphatic rings. The molecule has 0 aliphatic carbocycles. The normalized spacial score (nSPS) is 10.4. The molecule has 4 rings (SSSR count). The number of amides is 2. The highest BCUT2D eigenvalue weighted by Crippen LogP contribution is 2.19. The number of carbonyl (C=O) groups excluding carboxylic acids is 2. The number of rotatable bonds is 11. The van der Waals surface area contributed by atoms with Gasteiger partial charge >= 0.3 is 0 Å². The van der Waals surface area contributed by atoms with Crippen LogP contribution in [0.15, 0.2) is 97.1 Å². The summed E-state index contributed by atoms with van der Waals surface area (Å²) in [5.41, 5.74) is 14.9. The fourth-order valence-corrected chi connectivity index (χ4v) is 3.62. The molecule has 0 spiro atoms. The van der Waals surface area contributed by atoms with Crippen LogP contribution < -0.4 is 31.6 Å². The van der Waals surface area contributed by atoms with Gasteiger partial charge in [0.1, 0.15) is 11.5 Å². The van der Waals surface area contributed by atoms with Gasteiger partial charge in [0.15, 0.2) is 0 Å². The zero-order valence-corrected chi connectivity index (χ0v) is 20.9. The SMILES string of the molecule is Nc1cccc(C(=O)Nc2ccc(OCCCCOc3ccc(NC(=O)c4cccc(N)c4)cc3)cc2)c1. The van der Waals surface area contributed by atoms with Crippen molar-refractivity contribution in [2.24, 2.45) is 0 Å². The number of hydrogen-bond acceptors (Lipinski definition) is 6. The minimum absolute atomic E-state index is 0.219. The average Bonchev–Trinajstić information content (AvgIpc) is 2.92. The monoisotopic (exact) mass is 510 g/mol. The molecule has 6 N–H and O–H groups in total. The van der Waals surface area contributed by atoms with Gasteiger partial charge in [0.2, 0.25) is 0 Å². The Labute approximate surface area is 221 Å². The Balaban J connectivity index is 1.12. The maximum atomic E-state index is 12.3. The van der Waals surface area contributed by atoms with Crippen LogP contribution in [0.1, 0.15) is 33.6 Å². The Hall–Kier alpha value is -4.98. The predicted molar refractivity (Wildman–Crippen MR) is 151 cm³/mol. The van der Waals surface area contributed by atoms with Crippen molar-refractivity contribution in [1.29, 1.82) is 0 Å². The molecule has 0 unspecified atom stereocenters. The van der Waals surface area contributed by atoms with E-state index in [-0.39, 0.29) is 11.8 Å². The number of ether oxygens (including phenoxy) is 2. The van der Waals surface area contributed by atoms with Crippen molar-refractivity contribution in [2.45, 2.75) is 12.8 Å². The summed E-state index contributed by atoms with van der Waals surface area (Å²) in [5.74, 6) is 1.01. The largest absolute Gasteiger partial charge is 0.494 e. The summed E-state index contributed by atoms with van der Waals surface area (Å²) >= 11 is 0. The number of benzene rings is 4. The third-order valence-electron chi connectivity index (χ3n) is 5.60. The van der Waals surface area contributed by atoms with E-state index in [1.807, 2.05) is 24.3 Å². The number of nitrogens with two attached hydrogens (primary N) is 2. The fraction of sp³-hybridized carbons (Fsp3) is 0.133. The molecule has 8 heteroatoms. The molecule has 0 bridgehead atoms. The molecule has 0 aromatic heterocycles. The standard InChI is InChI=1S/C30H30N4O4/c31-23-7-3-5-21(19-23)29(35)33-25-9-13-27(14-10-25)37-17-1-2-18-38-28-15-11-26(12-16-28)34-30(36)22-6-4-8-24(32)20-22/h3-16,19-20H,1-2,17-18,31-32H2,(H,33,35)(H,34,36). The molecule has 0 heterocycles. The van der Waals surface area contributed by atoms with Gasteiger partial charge in [-0.05, 0) is 97.8 Å². The van der Waals surface area contributed by atoms with E-state index in [0.717, 1.165) is 24.3 Å². The fourth-order valence-electron chi connectivity index (χ4n) is 3.62. The van der Waals surface area contributed by atoms with E-state index < -0.39 is 0 Å². The van der Waals surface area contributed by atoms with Crippen LogP contribution in [0.2, 0.25) is 0 Å². The molecule has 4 aromatic rings. The van der Waals surface area contributed by atoms with Gasteiger partial charge in [-0.25, -0.2) is 0 Å². The minimum Gasteiger partial charge on any atom is -0.494 e. The zero-order chi connectivity index (χ0) is 26.7. The first-order valence-electron chi connectivity index (χ1n) is 12.3. The maximum absolute atomic E-state index is 12.3. The third kappa shape index (κ3) is 7.76. The molecule has 0 radical (unpaired) electrons. The lowest BCUT2D eigenvalue weighted by Gasteiger charge is -2.10. The highest BCUT2D eigenvalue weighted by Gasteiger charge is 2.08. The zero-order valence-electron chi connectivity index (χ0n) is 20.9. The Morgan fingerprint density at radius 1 is 0.579 bits per heavy atom. The summed E-state index contributed by atoms with van der Waals surface area (Å²) in [4.78, 5) is 24.6. The van der Waals surface area contributed by atoms with Crippen LogP contribution in [-0.2, 0) is 0 Å². The Morgan fingerprint density at radius 3 is 1.34 bits per heavy atom. The van der Waals surface area contributed by atoms with E-state index in [4.69, 9.17) is 20.9 Å². The summed E-state index contributed by atoms with van der Waals surface area (Å²) < 4.78 is 11.6. The Bertz CT molecular complexity index is 1260.